The third kappa shape index (κ3) is 4.97. The maximum atomic E-state index is 4.79. The molecule has 1 aromatic rings. The Hall–Kier alpha value is -0.260. The van der Waals surface area contributed by atoms with E-state index in [1.165, 1.54) is 5.69 Å². The molecule has 1 rings (SSSR count). The Morgan fingerprint density at radius 1 is 1.47 bits per heavy atom. The fourth-order valence-corrected chi connectivity index (χ4v) is 3.76. The third-order valence-electron chi connectivity index (χ3n) is 3.33. The molecule has 3 nitrogen and oxygen atoms in total. The van der Waals surface area contributed by atoms with Crippen LogP contribution in [0, 0.1) is 0 Å². The number of nitrogens with one attached hydrogen (secondary N) is 1. The van der Waals surface area contributed by atoms with Gasteiger partial charge in [0.25, 0.3) is 0 Å². The number of aromatic nitrogens is 1. The van der Waals surface area contributed by atoms with E-state index in [0.717, 1.165) is 30.3 Å². The van der Waals surface area contributed by atoms with Crippen molar-refractivity contribution >= 4 is 28.2 Å². The average molecular weight is 302 g/mol. The fraction of sp³-hybridized carbons (Fsp3) is 0.786. The Kier molecular flexibility index (Phi) is 7.80. The Morgan fingerprint density at radius 2 is 2.21 bits per heavy atom. The summed E-state index contributed by atoms with van der Waals surface area (Å²) < 4.78 is 0. The first-order valence-corrected chi connectivity index (χ1v) is 9.31. The van der Waals surface area contributed by atoms with Gasteiger partial charge < -0.3 is 10.2 Å². The fourth-order valence-electron chi connectivity index (χ4n) is 1.95. The largest absolute Gasteiger partial charge is 0.347 e. The first-order chi connectivity index (χ1) is 9.13. The molecule has 0 bridgehead atoms. The van der Waals surface area contributed by atoms with E-state index in [1.54, 1.807) is 11.3 Å². The highest BCUT2D eigenvalue weighted by molar-refractivity contribution is 7.98. The van der Waals surface area contributed by atoms with Crippen LogP contribution in [-0.4, -0.2) is 36.6 Å². The topological polar surface area (TPSA) is 28.2 Å². The molecule has 1 aromatic heterocycles. The van der Waals surface area contributed by atoms with Gasteiger partial charge in [-0.25, -0.2) is 4.98 Å². The zero-order chi connectivity index (χ0) is 14.3. The molecule has 0 aromatic carbocycles. The Bertz CT molecular complexity index is 354. The lowest BCUT2D eigenvalue weighted by Gasteiger charge is -2.26. The molecule has 0 saturated carbocycles. The predicted octanol–water partition coefficient (Wildman–Crippen LogP) is 3.78. The van der Waals surface area contributed by atoms with E-state index in [1.807, 2.05) is 11.8 Å². The first kappa shape index (κ1) is 16.8. The molecular weight excluding hydrogens is 274 g/mol. The van der Waals surface area contributed by atoms with E-state index >= 15 is 0 Å². The molecule has 0 spiro atoms. The lowest BCUT2D eigenvalue weighted by Crippen LogP contribution is -2.33. The Balaban J connectivity index is 2.66. The second-order valence-corrected chi connectivity index (χ2v) is 6.61. The van der Waals surface area contributed by atoms with Crippen molar-refractivity contribution in [3.63, 3.8) is 0 Å². The normalized spacial score (nSPS) is 14.4. The first-order valence-electron chi connectivity index (χ1n) is 7.04. The molecule has 19 heavy (non-hydrogen) atoms. The van der Waals surface area contributed by atoms with Crippen molar-refractivity contribution in [3.8, 4) is 0 Å². The summed E-state index contributed by atoms with van der Waals surface area (Å²) in [5.41, 5.74) is 1.17. The smallest absolute Gasteiger partial charge is 0.185 e. The van der Waals surface area contributed by atoms with Crippen LogP contribution in [0.1, 0.15) is 45.3 Å². The zero-order valence-electron chi connectivity index (χ0n) is 12.8. The summed E-state index contributed by atoms with van der Waals surface area (Å²) >= 11 is 3.66. The zero-order valence-corrected chi connectivity index (χ0v) is 14.4. The van der Waals surface area contributed by atoms with Crippen LogP contribution >= 0.6 is 23.1 Å². The van der Waals surface area contributed by atoms with Crippen LogP contribution in [0.25, 0.3) is 0 Å². The highest BCUT2D eigenvalue weighted by Gasteiger charge is 2.17. The molecule has 0 amide bonds. The van der Waals surface area contributed by atoms with Gasteiger partial charge in [-0.05, 0) is 32.6 Å². The number of thioether (sulfide) groups is 1. The van der Waals surface area contributed by atoms with Crippen molar-refractivity contribution in [2.75, 3.05) is 30.5 Å². The van der Waals surface area contributed by atoms with Crippen LogP contribution in [0.2, 0.25) is 0 Å². The molecule has 0 aliphatic heterocycles. The minimum atomic E-state index is 0.346. The van der Waals surface area contributed by atoms with Crippen LogP contribution < -0.4 is 10.2 Å². The number of hydrogen-bond acceptors (Lipinski definition) is 5. The molecular formula is C14H27N3S2. The predicted molar refractivity (Wildman–Crippen MR) is 89.7 cm³/mol. The highest BCUT2D eigenvalue weighted by atomic mass is 32.2. The van der Waals surface area contributed by atoms with Crippen molar-refractivity contribution in [3.05, 3.63) is 11.1 Å². The van der Waals surface area contributed by atoms with Crippen LogP contribution in [0.3, 0.4) is 0 Å². The quantitative estimate of drug-likeness (QED) is 0.751. The second kappa shape index (κ2) is 8.82. The molecule has 0 radical (unpaired) electrons. The molecule has 0 saturated heterocycles. The van der Waals surface area contributed by atoms with Gasteiger partial charge in [-0.2, -0.15) is 11.8 Å². The van der Waals surface area contributed by atoms with Crippen LogP contribution in [0.4, 0.5) is 5.13 Å². The van der Waals surface area contributed by atoms with E-state index in [4.69, 9.17) is 4.98 Å². The summed E-state index contributed by atoms with van der Waals surface area (Å²) in [6, 6.07) is 0.923. The lowest BCUT2D eigenvalue weighted by molar-refractivity contribution is 0.560. The number of hydrogen-bond donors (Lipinski definition) is 1. The Labute approximate surface area is 126 Å². The second-order valence-electron chi connectivity index (χ2n) is 4.86. The van der Waals surface area contributed by atoms with E-state index < -0.39 is 0 Å². The summed E-state index contributed by atoms with van der Waals surface area (Å²) in [6.45, 7) is 7.67. The summed E-state index contributed by atoms with van der Waals surface area (Å²) in [5.74, 6) is 1.16. The molecule has 2 unspecified atom stereocenters. The van der Waals surface area contributed by atoms with Crippen LogP contribution in [0.15, 0.2) is 5.38 Å². The number of rotatable bonds is 9. The van der Waals surface area contributed by atoms with Gasteiger partial charge in [0, 0.05) is 30.3 Å². The van der Waals surface area contributed by atoms with Crippen LogP contribution in [0.5, 0.6) is 0 Å². The van der Waals surface area contributed by atoms with Gasteiger partial charge in [-0.1, -0.05) is 13.8 Å². The number of thiazole rings is 1. The van der Waals surface area contributed by atoms with E-state index in [2.05, 4.69) is 49.7 Å². The highest BCUT2D eigenvalue weighted by Crippen LogP contribution is 2.26. The summed E-state index contributed by atoms with van der Waals surface area (Å²) in [7, 11) is 2.16. The summed E-state index contributed by atoms with van der Waals surface area (Å²) in [5, 5.41) is 6.82. The minimum absolute atomic E-state index is 0.346. The van der Waals surface area contributed by atoms with Gasteiger partial charge in [-0.3, -0.25) is 0 Å². The molecule has 5 heteroatoms. The molecule has 0 fully saturated rings. The monoisotopic (exact) mass is 301 g/mol. The SMILES string of the molecule is CCCNC(C)c1csc(N(C)C(CC)CSC)n1. The van der Waals surface area contributed by atoms with E-state index in [9.17, 15) is 0 Å². The average Bonchev–Trinajstić information content (AvgIpc) is 2.91. The van der Waals surface area contributed by atoms with Gasteiger partial charge in [0.05, 0.1) is 5.69 Å². The van der Waals surface area contributed by atoms with Gasteiger partial charge >= 0.3 is 0 Å². The van der Waals surface area contributed by atoms with Gasteiger partial charge in [0.1, 0.15) is 0 Å². The summed E-state index contributed by atoms with van der Waals surface area (Å²) in [4.78, 5) is 7.12. The molecule has 1 N–H and O–H groups in total. The van der Waals surface area contributed by atoms with Gasteiger partial charge in [-0.15, -0.1) is 11.3 Å². The molecule has 110 valence electrons. The van der Waals surface area contributed by atoms with Gasteiger partial charge in [0.2, 0.25) is 0 Å². The maximum absolute atomic E-state index is 4.79. The maximum Gasteiger partial charge on any atom is 0.185 e. The van der Waals surface area contributed by atoms with Gasteiger partial charge in [0.15, 0.2) is 5.13 Å². The van der Waals surface area contributed by atoms with E-state index in [-0.39, 0.29) is 0 Å². The number of anilines is 1. The summed E-state index contributed by atoms with van der Waals surface area (Å²) in [6.07, 6.45) is 4.49. The molecule has 2 atom stereocenters. The standard InChI is InChI=1S/C14H27N3S2/c1-6-8-15-11(3)13-10-19-14(16-13)17(4)12(7-2)9-18-5/h10-12,15H,6-9H2,1-5H3. The Morgan fingerprint density at radius 3 is 2.79 bits per heavy atom. The van der Waals surface area contributed by atoms with Crippen molar-refractivity contribution in [2.24, 2.45) is 0 Å². The van der Waals surface area contributed by atoms with Crippen molar-refractivity contribution in [2.45, 2.75) is 45.7 Å². The van der Waals surface area contributed by atoms with Crippen molar-refractivity contribution in [1.29, 1.82) is 0 Å². The van der Waals surface area contributed by atoms with Crippen molar-refractivity contribution in [1.82, 2.24) is 10.3 Å². The molecule has 0 aliphatic carbocycles. The molecule has 1 heterocycles. The molecule has 0 aliphatic rings. The minimum Gasteiger partial charge on any atom is -0.347 e. The van der Waals surface area contributed by atoms with Crippen LogP contribution in [-0.2, 0) is 0 Å². The lowest BCUT2D eigenvalue weighted by atomic mass is 10.2. The third-order valence-corrected chi connectivity index (χ3v) is 5.00. The van der Waals surface area contributed by atoms with Crippen molar-refractivity contribution < 1.29 is 0 Å². The van der Waals surface area contributed by atoms with E-state index in [0.29, 0.717) is 12.1 Å². The number of nitrogens with zero attached hydrogens (tertiary/aromatic N) is 2.